The molecule has 1 aromatic heterocycles. The first-order valence-electron chi connectivity index (χ1n) is 11.7. The van der Waals surface area contributed by atoms with Crippen molar-refractivity contribution in [2.75, 3.05) is 11.1 Å². The highest BCUT2D eigenvalue weighted by atomic mass is 35.5. The molecular weight excluding hydrogens is 474 g/mol. The molecule has 4 aliphatic carbocycles. The van der Waals surface area contributed by atoms with Crippen LogP contribution in [0.1, 0.15) is 44.3 Å². The van der Waals surface area contributed by atoms with E-state index in [0.717, 1.165) is 30.0 Å². The van der Waals surface area contributed by atoms with Gasteiger partial charge in [0.05, 0.1) is 10.7 Å². The number of amides is 1. The Morgan fingerprint density at radius 2 is 1.94 bits per heavy atom. The molecule has 0 radical (unpaired) electrons. The summed E-state index contributed by atoms with van der Waals surface area (Å²) in [6.45, 7) is 4.49. The van der Waals surface area contributed by atoms with E-state index in [0.29, 0.717) is 22.8 Å². The number of thioether (sulfide) groups is 1. The molecule has 0 saturated heterocycles. The first-order valence-corrected chi connectivity index (χ1v) is 13.1. The van der Waals surface area contributed by atoms with Crippen molar-refractivity contribution < 1.29 is 9.72 Å². The number of carbonyl (C=O) groups is 1. The maximum absolute atomic E-state index is 12.5. The Kier molecular flexibility index (Phi) is 6.41. The van der Waals surface area contributed by atoms with E-state index < -0.39 is 4.92 Å². The summed E-state index contributed by atoms with van der Waals surface area (Å²) in [7, 11) is 0. The molecule has 4 bridgehead atoms. The fraction of sp³-hybridized carbons (Fsp3) is 0.542. The van der Waals surface area contributed by atoms with Crippen LogP contribution in [-0.4, -0.2) is 31.3 Å². The third-order valence-electron chi connectivity index (χ3n) is 7.56. The largest absolute Gasteiger partial charge is 0.325 e. The van der Waals surface area contributed by atoms with Gasteiger partial charge in [-0.3, -0.25) is 14.9 Å². The van der Waals surface area contributed by atoms with Crippen molar-refractivity contribution >= 4 is 40.6 Å². The molecule has 1 N–H and O–H groups in total. The SMILES string of the molecule is C=CCn1c(CC23CC4CC(CC(C4)C2)C3)nnc1SCC(=O)Nc1ccc(Cl)c([N+](=O)[O-])c1. The van der Waals surface area contributed by atoms with Gasteiger partial charge >= 0.3 is 0 Å². The second-order valence-corrected chi connectivity index (χ2v) is 11.5. The van der Waals surface area contributed by atoms with Crippen LogP contribution in [0.3, 0.4) is 0 Å². The molecule has 10 heteroatoms. The number of nitro groups is 1. The Hall–Kier alpha value is -2.39. The van der Waals surface area contributed by atoms with Gasteiger partial charge in [0.1, 0.15) is 10.8 Å². The standard InChI is InChI=1S/C24H28ClN5O3S/c1-2-5-29-21(13-24-10-15-6-16(11-24)8-17(7-15)12-24)27-28-23(29)34-14-22(31)26-18-3-4-19(25)20(9-18)30(32)33/h2-4,9,15-17H,1,5-8,10-14H2,(H,26,31). The number of nitrogens with zero attached hydrogens (tertiary/aromatic N) is 4. The summed E-state index contributed by atoms with van der Waals surface area (Å²) >= 11 is 7.16. The molecule has 1 amide bonds. The molecule has 0 atom stereocenters. The van der Waals surface area contributed by atoms with Gasteiger partial charge in [0, 0.05) is 24.7 Å². The molecule has 34 heavy (non-hydrogen) atoms. The molecule has 4 fully saturated rings. The third-order valence-corrected chi connectivity index (χ3v) is 8.85. The first kappa shape index (κ1) is 23.4. The van der Waals surface area contributed by atoms with E-state index in [1.165, 1.54) is 62.4 Å². The number of aromatic nitrogens is 3. The van der Waals surface area contributed by atoms with E-state index in [1.54, 1.807) is 6.07 Å². The number of nitrogens with one attached hydrogen (secondary N) is 1. The minimum absolute atomic E-state index is 0.0291. The molecule has 1 aromatic carbocycles. The minimum atomic E-state index is -0.574. The molecule has 1 heterocycles. The maximum atomic E-state index is 12.5. The molecule has 180 valence electrons. The topological polar surface area (TPSA) is 103 Å². The molecule has 4 aliphatic rings. The van der Waals surface area contributed by atoms with Gasteiger partial charge in [0.2, 0.25) is 5.91 Å². The van der Waals surface area contributed by atoms with Crippen LogP contribution < -0.4 is 5.32 Å². The maximum Gasteiger partial charge on any atom is 0.289 e. The molecule has 0 spiro atoms. The van der Waals surface area contributed by atoms with Gasteiger partial charge in [-0.1, -0.05) is 29.4 Å². The van der Waals surface area contributed by atoms with Crippen LogP contribution in [0.15, 0.2) is 36.0 Å². The molecule has 0 aliphatic heterocycles. The number of hydrogen-bond acceptors (Lipinski definition) is 6. The lowest BCUT2D eigenvalue weighted by molar-refractivity contribution is -0.384. The second-order valence-electron chi connectivity index (χ2n) is 10.2. The zero-order chi connectivity index (χ0) is 23.9. The van der Waals surface area contributed by atoms with Gasteiger partial charge in [-0.15, -0.1) is 16.8 Å². The Morgan fingerprint density at radius 1 is 1.26 bits per heavy atom. The van der Waals surface area contributed by atoms with Crippen molar-refractivity contribution in [1.82, 2.24) is 14.8 Å². The van der Waals surface area contributed by atoms with Crippen molar-refractivity contribution in [2.24, 2.45) is 23.2 Å². The van der Waals surface area contributed by atoms with Crippen molar-refractivity contribution in [3.63, 3.8) is 0 Å². The average Bonchev–Trinajstić information content (AvgIpc) is 3.13. The summed E-state index contributed by atoms with van der Waals surface area (Å²) < 4.78 is 2.08. The number of halogens is 1. The van der Waals surface area contributed by atoms with Gasteiger partial charge in [0.25, 0.3) is 5.69 Å². The van der Waals surface area contributed by atoms with E-state index >= 15 is 0 Å². The lowest BCUT2D eigenvalue weighted by Crippen LogP contribution is -2.47. The van der Waals surface area contributed by atoms with Crippen molar-refractivity contribution in [3.8, 4) is 0 Å². The monoisotopic (exact) mass is 501 g/mol. The summed E-state index contributed by atoms with van der Waals surface area (Å²) in [5.74, 6) is 3.45. The lowest BCUT2D eigenvalue weighted by atomic mass is 9.49. The quantitative estimate of drug-likeness (QED) is 0.210. The number of allylic oxidation sites excluding steroid dienone is 1. The lowest BCUT2D eigenvalue weighted by Gasteiger charge is -2.56. The van der Waals surface area contributed by atoms with E-state index in [-0.39, 0.29) is 22.4 Å². The van der Waals surface area contributed by atoms with E-state index in [2.05, 4.69) is 26.7 Å². The van der Waals surface area contributed by atoms with E-state index in [9.17, 15) is 14.9 Å². The Bertz CT molecular complexity index is 1100. The van der Waals surface area contributed by atoms with Gasteiger partial charge in [-0.25, -0.2) is 0 Å². The van der Waals surface area contributed by atoms with Crippen LogP contribution >= 0.6 is 23.4 Å². The van der Waals surface area contributed by atoms with Crippen molar-refractivity contribution in [2.45, 2.75) is 56.6 Å². The summed E-state index contributed by atoms with van der Waals surface area (Å²) in [4.78, 5) is 23.0. The smallest absolute Gasteiger partial charge is 0.289 e. The molecule has 8 nitrogen and oxygen atoms in total. The highest BCUT2D eigenvalue weighted by molar-refractivity contribution is 7.99. The van der Waals surface area contributed by atoms with Crippen LogP contribution in [0.4, 0.5) is 11.4 Å². The Labute approximate surface area is 207 Å². The Balaban J connectivity index is 1.25. The highest BCUT2D eigenvalue weighted by Gasteiger charge is 2.51. The Morgan fingerprint density at radius 3 is 2.56 bits per heavy atom. The molecule has 2 aromatic rings. The van der Waals surface area contributed by atoms with Crippen LogP contribution in [0, 0.1) is 33.3 Å². The number of benzene rings is 1. The summed E-state index contributed by atoms with van der Waals surface area (Å²) in [5.41, 5.74) is 0.437. The predicted octanol–water partition coefficient (Wildman–Crippen LogP) is 5.52. The van der Waals surface area contributed by atoms with Crippen LogP contribution in [0.25, 0.3) is 0 Å². The zero-order valence-electron chi connectivity index (χ0n) is 18.9. The van der Waals surface area contributed by atoms with Crippen LogP contribution in [-0.2, 0) is 17.8 Å². The normalized spacial score (nSPS) is 27.0. The van der Waals surface area contributed by atoms with E-state index in [1.807, 2.05) is 6.08 Å². The fourth-order valence-corrected chi connectivity index (χ4v) is 7.72. The van der Waals surface area contributed by atoms with Gasteiger partial charge < -0.3 is 9.88 Å². The highest BCUT2D eigenvalue weighted by Crippen LogP contribution is 2.61. The van der Waals surface area contributed by atoms with Gasteiger partial charge in [0.15, 0.2) is 5.16 Å². The van der Waals surface area contributed by atoms with Gasteiger partial charge in [-0.05, 0) is 73.8 Å². The van der Waals surface area contributed by atoms with Crippen molar-refractivity contribution in [1.29, 1.82) is 0 Å². The van der Waals surface area contributed by atoms with Crippen LogP contribution in [0.5, 0.6) is 0 Å². The molecule has 0 unspecified atom stereocenters. The molecule has 4 saturated carbocycles. The zero-order valence-corrected chi connectivity index (χ0v) is 20.5. The number of hydrogen-bond donors (Lipinski definition) is 1. The van der Waals surface area contributed by atoms with Gasteiger partial charge in [-0.2, -0.15) is 0 Å². The third kappa shape index (κ3) is 4.73. The molecule has 6 rings (SSSR count). The first-order chi connectivity index (χ1) is 16.3. The number of rotatable bonds is 9. The number of carbonyl (C=O) groups excluding carboxylic acids is 1. The summed E-state index contributed by atoms with van der Waals surface area (Å²) in [5, 5.41) is 23.4. The van der Waals surface area contributed by atoms with E-state index in [4.69, 9.17) is 11.6 Å². The number of nitro benzene ring substituents is 1. The summed E-state index contributed by atoms with van der Waals surface area (Å²) in [6, 6.07) is 4.20. The summed E-state index contributed by atoms with van der Waals surface area (Å²) in [6.07, 6.45) is 10.9. The van der Waals surface area contributed by atoms with Crippen molar-refractivity contribution in [3.05, 3.63) is 51.8 Å². The van der Waals surface area contributed by atoms with Crippen LogP contribution in [0.2, 0.25) is 5.02 Å². The molecular formula is C24H28ClN5O3S. The fourth-order valence-electron chi connectivity index (χ4n) is 6.77. The second kappa shape index (κ2) is 9.34. The number of anilines is 1. The minimum Gasteiger partial charge on any atom is -0.325 e. The average molecular weight is 502 g/mol. The predicted molar refractivity (Wildman–Crippen MR) is 132 cm³/mol.